The lowest BCUT2D eigenvalue weighted by Gasteiger charge is -2.10. The van der Waals surface area contributed by atoms with Crippen LogP contribution in [0.1, 0.15) is 6.42 Å². The van der Waals surface area contributed by atoms with Gasteiger partial charge in [0, 0.05) is 41.9 Å². The Hall–Kier alpha value is -1.84. The van der Waals surface area contributed by atoms with Crippen molar-refractivity contribution >= 4 is 28.2 Å². The maximum atomic E-state index is 6.00. The van der Waals surface area contributed by atoms with Crippen LogP contribution in [0.3, 0.4) is 0 Å². The normalized spacial score (nSPS) is 13.7. The first-order valence-electron chi connectivity index (χ1n) is 7.17. The molecular formula is C17H18ClN3. The summed E-state index contributed by atoms with van der Waals surface area (Å²) in [6, 6.07) is 7.79. The third-order valence-electron chi connectivity index (χ3n) is 3.50. The van der Waals surface area contributed by atoms with Crippen LogP contribution in [-0.2, 0) is 0 Å². The molecule has 2 aromatic rings. The van der Waals surface area contributed by atoms with Gasteiger partial charge in [0.05, 0.1) is 5.52 Å². The van der Waals surface area contributed by atoms with Crippen molar-refractivity contribution in [3.05, 3.63) is 59.3 Å². The molecule has 1 heterocycles. The van der Waals surface area contributed by atoms with E-state index in [4.69, 9.17) is 11.6 Å². The quantitative estimate of drug-likeness (QED) is 0.797. The van der Waals surface area contributed by atoms with Gasteiger partial charge in [0.2, 0.25) is 0 Å². The van der Waals surface area contributed by atoms with Gasteiger partial charge < -0.3 is 10.6 Å². The molecule has 3 nitrogen and oxygen atoms in total. The van der Waals surface area contributed by atoms with Crippen molar-refractivity contribution in [2.45, 2.75) is 6.42 Å². The van der Waals surface area contributed by atoms with Crippen molar-refractivity contribution in [1.82, 2.24) is 10.3 Å². The third-order valence-corrected chi connectivity index (χ3v) is 3.73. The number of pyridine rings is 1. The molecule has 0 unspecified atom stereocenters. The smallest absolute Gasteiger partial charge is 0.0737 e. The maximum Gasteiger partial charge on any atom is 0.0737 e. The van der Waals surface area contributed by atoms with Gasteiger partial charge in [-0.3, -0.25) is 4.98 Å². The number of nitrogens with zero attached hydrogens (tertiary/aromatic N) is 1. The Morgan fingerprint density at radius 1 is 1.19 bits per heavy atom. The van der Waals surface area contributed by atoms with Crippen molar-refractivity contribution < 1.29 is 0 Å². The molecule has 108 valence electrons. The van der Waals surface area contributed by atoms with E-state index in [9.17, 15) is 0 Å². The molecule has 0 aliphatic heterocycles. The number of benzene rings is 1. The zero-order valence-corrected chi connectivity index (χ0v) is 12.5. The minimum atomic E-state index is 0.715. The van der Waals surface area contributed by atoms with E-state index in [1.807, 2.05) is 30.5 Å². The summed E-state index contributed by atoms with van der Waals surface area (Å²) >= 11 is 6.00. The van der Waals surface area contributed by atoms with Crippen molar-refractivity contribution in [2.75, 3.05) is 25.0 Å². The number of nitrogens with one attached hydrogen (secondary N) is 2. The van der Waals surface area contributed by atoms with Crippen LogP contribution in [0.25, 0.3) is 10.9 Å². The lowest BCUT2D eigenvalue weighted by atomic mass is 10.2. The molecule has 0 radical (unpaired) electrons. The standard InChI is InChI=1S/C17H18ClN3/c18-14-5-6-15-16(7-8-20-17(15)11-14)21-10-9-19-12-13-3-1-2-4-13/h1,3-8,11,19H,2,9-10,12H2,(H,20,21). The van der Waals surface area contributed by atoms with Gasteiger partial charge in [0.25, 0.3) is 0 Å². The van der Waals surface area contributed by atoms with E-state index in [1.54, 1.807) is 0 Å². The van der Waals surface area contributed by atoms with E-state index in [0.717, 1.165) is 42.6 Å². The average Bonchev–Trinajstić information content (AvgIpc) is 3.00. The van der Waals surface area contributed by atoms with Crippen LogP contribution in [0, 0.1) is 0 Å². The van der Waals surface area contributed by atoms with E-state index in [0.29, 0.717) is 5.02 Å². The van der Waals surface area contributed by atoms with E-state index in [2.05, 4.69) is 33.8 Å². The second-order valence-electron chi connectivity index (χ2n) is 5.04. The van der Waals surface area contributed by atoms with Gasteiger partial charge in [-0.25, -0.2) is 0 Å². The molecule has 4 heteroatoms. The molecule has 1 aromatic heterocycles. The highest BCUT2D eigenvalue weighted by molar-refractivity contribution is 6.31. The molecule has 1 aromatic carbocycles. The molecule has 1 aliphatic rings. The largest absolute Gasteiger partial charge is 0.383 e. The number of aromatic nitrogens is 1. The Morgan fingerprint density at radius 2 is 2.14 bits per heavy atom. The van der Waals surface area contributed by atoms with Crippen molar-refractivity contribution in [3.63, 3.8) is 0 Å². The Labute approximate surface area is 129 Å². The van der Waals surface area contributed by atoms with Gasteiger partial charge in [0.15, 0.2) is 0 Å². The van der Waals surface area contributed by atoms with Crippen molar-refractivity contribution in [1.29, 1.82) is 0 Å². The summed E-state index contributed by atoms with van der Waals surface area (Å²) in [6.45, 7) is 2.73. The van der Waals surface area contributed by atoms with E-state index >= 15 is 0 Å². The van der Waals surface area contributed by atoms with Crippen LogP contribution >= 0.6 is 11.6 Å². The van der Waals surface area contributed by atoms with Crippen LogP contribution < -0.4 is 10.6 Å². The summed E-state index contributed by atoms with van der Waals surface area (Å²) in [5.41, 5.74) is 3.39. The molecule has 0 fully saturated rings. The number of halogens is 1. The summed E-state index contributed by atoms with van der Waals surface area (Å²) < 4.78 is 0. The lowest BCUT2D eigenvalue weighted by molar-refractivity contribution is 0.759. The number of hydrogen-bond donors (Lipinski definition) is 2. The van der Waals surface area contributed by atoms with E-state index in [-0.39, 0.29) is 0 Å². The predicted octanol–water partition coefficient (Wildman–Crippen LogP) is 3.78. The molecule has 0 spiro atoms. The molecule has 0 amide bonds. The minimum absolute atomic E-state index is 0.715. The van der Waals surface area contributed by atoms with Crippen LogP contribution in [0.5, 0.6) is 0 Å². The molecule has 0 bridgehead atoms. The second kappa shape index (κ2) is 6.74. The monoisotopic (exact) mass is 299 g/mol. The summed E-state index contributed by atoms with van der Waals surface area (Å²) in [4.78, 5) is 4.34. The highest BCUT2D eigenvalue weighted by atomic mass is 35.5. The summed E-state index contributed by atoms with van der Waals surface area (Å²) in [5, 5.41) is 8.70. The first kappa shape index (κ1) is 14.1. The molecule has 0 saturated heterocycles. The molecular weight excluding hydrogens is 282 g/mol. The van der Waals surface area contributed by atoms with Crippen molar-refractivity contribution in [2.24, 2.45) is 0 Å². The highest BCUT2D eigenvalue weighted by Gasteiger charge is 2.02. The number of rotatable bonds is 6. The van der Waals surface area contributed by atoms with Gasteiger partial charge in [-0.2, -0.15) is 0 Å². The fourth-order valence-electron chi connectivity index (χ4n) is 2.43. The summed E-state index contributed by atoms with van der Waals surface area (Å²) in [5.74, 6) is 0. The Balaban J connectivity index is 1.54. The lowest BCUT2D eigenvalue weighted by Crippen LogP contribution is -2.23. The van der Waals surface area contributed by atoms with Crippen LogP contribution in [-0.4, -0.2) is 24.6 Å². The molecule has 3 rings (SSSR count). The van der Waals surface area contributed by atoms with Gasteiger partial charge in [-0.15, -0.1) is 0 Å². The molecule has 1 aliphatic carbocycles. The van der Waals surface area contributed by atoms with Gasteiger partial charge in [0.1, 0.15) is 0 Å². The van der Waals surface area contributed by atoms with Crippen molar-refractivity contribution in [3.8, 4) is 0 Å². The summed E-state index contributed by atoms with van der Waals surface area (Å²) in [6.07, 6.45) is 9.49. The Bertz CT molecular complexity index is 691. The molecule has 2 N–H and O–H groups in total. The van der Waals surface area contributed by atoms with E-state index in [1.165, 1.54) is 5.57 Å². The molecule has 0 atom stereocenters. The fraction of sp³-hybridized carbons (Fsp3) is 0.235. The van der Waals surface area contributed by atoms with E-state index < -0.39 is 0 Å². The minimum Gasteiger partial charge on any atom is -0.383 e. The van der Waals surface area contributed by atoms with Gasteiger partial charge >= 0.3 is 0 Å². The zero-order chi connectivity index (χ0) is 14.5. The van der Waals surface area contributed by atoms with Crippen LogP contribution in [0.4, 0.5) is 5.69 Å². The average molecular weight is 300 g/mol. The Kier molecular flexibility index (Phi) is 4.53. The third kappa shape index (κ3) is 3.63. The molecule has 0 saturated carbocycles. The number of anilines is 1. The highest BCUT2D eigenvalue weighted by Crippen LogP contribution is 2.24. The van der Waals surface area contributed by atoms with Crippen LogP contribution in [0.2, 0.25) is 5.02 Å². The SMILES string of the molecule is Clc1ccc2c(NCCNCC3=CCC=C3)ccnc2c1. The second-order valence-corrected chi connectivity index (χ2v) is 5.48. The maximum absolute atomic E-state index is 6.00. The number of allylic oxidation sites excluding steroid dienone is 2. The first-order valence-corrected chi connectivity index (χ1v) is 7.55. The molecule has 21 heavy (non-hydrogen) atoms. The summed E-state index contributed by atoms with van der Waals surface area (Å²) in [7, 11) is 0. The predicted molar refractivity (Wildman–Crippen MR) is 90.0 cm³/mol. The first-order chi connectivity index (χ1) is 10.3. The zero-order valence-electron chi connectivity index (χ0n) is 11.8. The number of fused-ring (bicyclic) bond motifs is 1. The topological polar surface area (TPSA) is 37.0 Å². The fourth-order valence-corrected chi connectivity index (χ4v) is 2.60. The van der Waals surface area contributed by atoms with Gasteiger partial charge in [-0.05, 0) is 36.3 Å². The van der Waals surface area contributed by atoms with Crippen LogP contribution in [0.15, 0.2) is 54.3 Å². The van der Waals surface area contributed by atoms with Gasteiger partial charge in [-0.1, -0.05) is 29.8 Å². The number of hydrogen-bond acceptors (Lipinski definition) is 3. The Morgan fingerprint density at radius 3 is 3.00 bits per heavy atom.